The van der Waals surface area contributed by atoms with Crippen molar-refractivity contribution in [1.82, 2.24) is 4.31 Å². The fourth-order valence-corrected chi connectivity index (χ4v) is 2.70. The summed E-state index contributed by atoms with van der Waals surface area (Å²) in [5, 5.41) is 0. The number of sulfonamides is 1. The molecule has 0 aliphatic carbocycles. The van der Waals surface area contributed by atoms with Crippen molar-refractivity contribution in [3.8, 4) is 0 Å². The third-order valence-corrected chi connectivity index (χ3v) is 4.46. The summed E-state index contributed by atoms with van der Waals surface area (Å²) in [6.07, 6.45) is 0. The standard InChI is InChI=1S/C11H18N2O2S/c1-9-10(12(2)3)7-6-8-11(9)16(14,15)13(4)5/h6-8H,1-5H3. The summed E-state index contributed by atoms with van der Waals surface area (Å²) in [6.45, 7) is 1.83. The maximum Gasteiger partial charge on any atom is 0.242 e. The van der Waals surface area contributed by atoms with E-state index < -0.39 is 10.0 Å². The van der Waals surface area contributed by atoms with E-state index in [4.69, 9.17) is 0 Å². The molecule has 0 radical (unpaired) electrons. The zero-order chi connectivity index (χ0) is 12.5. The van der Waals surface area contributed by atoms with E-state index in [1.165, 1.54) is 18.4 Å². The smallest absolute Gasteiger partial charge is 0.242 e. The van der Waals surface area contributed by atoms with Gasteiger partial charge in [0.05, 0.1) is 4.90 Å². The van der Waals surface area contributed by atoms with Gasteiger partial charge in [-0.05, 0) is 24.6 Å². The van der Waals surface area contributed by atoms with Gasteiger partial charge in [-0.25, -0.2) is 12.7 Å². The average Bonchev–Trinajstić information content (AvgIpc) is 2.16. The first-order valence-corrected chi connectivity index (χ1v) is 6.42. The Morgan fingerprint density at radius 2 is 1.62 bits per heavy atom. The molecule has 0 bridgehead atoms. The van der Waals surface area contributed by atoms with Crippen LogP contribution in [0.15, 0.2) is 23.1 Å². The Morgan fingerprint density at radius 3 is 2.06 bits per heavy atom. The van der Waals surface area contributed by atoms with E-state index in [2.05, 4.69) is 0 Å². The summed E-state index contributed by atoms with van der Waals surface area (Å²) >= 11 is 0. The van der Waals surface area contributed by atoms with Crippen LogP contribution in [0.1, 0.15) is 5.56 Å². The van der Waals surface area contributed by atoms with Gasteiger partial charge in [0.1, 0.15) is 0 Å². The lowest BCUT2D eigenvalue weighted by atomic mass is 10.2. The topological polar surface area (TPSA) is 40.6 Å². The van der Waals surface area contributed by atoms with E-state index in [0.29, 0.717) is 4.90 Å². The molecule has 0 aliphatic rings. The summed E-state index contributed by atoms with van der Waals surface area (Å²) in [5.74, 6) is 0. The Labute approximate surface area is 97.5 Å². The second kappa shape index (κ2) is 4.43. The molecule has 0 heterocycles. The van der Waals surface area contributed by atoms with E-state index in [1.807, 2.05) is 32.0 Å². The van der Waals surface area contributed by atoms with Crippen molar-refractivity contribution >= 4 is 15.7 Å². The Kier molecular flexibility index (Phi) is 3.60. The van der Waals surface area contributed by atoms with Crippen LogP contribution in [0.5, 0.6) is 0 Å². The quantitative estimate of drug-likeness (QED) is 0.802. The van der Waals surface area contributed by atoms with E-state index in [1.54, 1.807) is 12.1 Å². The maximum atomic E-state index is 12.0. The molecule has 0 N–H and O–H groups in total. The number of hydrogen-bond acceptors (Lipinski definition) is 3. The van der Waals surface area contributed by atoms with Crippen molar-refractivity contribution in [2.45, 2.75) is 11.8 Å². The molecular weight excluding hydrogens is 224 g/mol. The minimum atomic E-state index is -3.36. The molecule has 0 amide bonds. The van der Waals surface area contributed by atoms with Gasteiger partial charge in [0.25, 0.3) is 0 Å². The summed E-state index contributed by atoms with van der Waals surface area (Å²) in [5.41, 5.74) is 1.70. The van der Waals surface area contributed by atoms with Gasteiger partial charge >= 0.3 is 0 Å². The van der Waals surface area contributed by atoms with Gasteiger partial charge < -0.3 is 4.90 Å². The van der Waals surface area contributed by atoms with Crippen LogP contribution in [0.25, 0.3) is 0 Å². The molecule has 16 heavy (non-hydrogen) atoms. The molecule has 0 atom stereocenters. The first kappa shape index (κ1) is 13.0. The van der Waals surface area contributed by atoms with Gasteiger partial charge in [-0.15, -0.1) is 0 Å². The van der Waals surface area contributed by atoms with Crippen molar-refractivity contribution in [3.05, 3.63) is 23.8 Å². The zero-order valence-electron chi connectivity index (χ0n) is 10.4. The van der Waals surface area contributed by atoms with Crippen LogP contribution in [0.3, 0.4) is 0 Å². The Bertz CT molecular complexity index is 479. The summed E-state index contributed by atoms with van der Waals surface area (Å²) in [7, 11) is 3.52. The average molecular weight is 242 g/mol. The predicted molar refractivity (Wildman–Crippen MR) is 66.4 cm³/mol. The Hall–Kier alpha value is -1.07. The minimum absolute atomic E-state index is 0.365. The van der Waals surface area contributed by atoms with Gasteiger partial charge in [-0.2, -0.15) is 0 Å². The van der Waals surface area contributed by atoms with E-state index in [-0.39, 0.29) is 0 Å². The number of hydrogen-bond donors (Lipinski definition) is 0. The van der Waals surface area contributed by atoms with Crippen LogP contribution >= 0.6 is 0 Å². The molecule has 0 saturated heterocycles. The van der Waals surface area contributed by atoms with Crippen LogP contribution in [0.4, 0.5) is 5.69 Å². The largest absolute Gasteiger partial charge is 0.377 e. The molecule has 0 fully saturated rings. The molecule has 1 rings (SSSR count). The van der Waals surface area contributed by atoms with Gasteiger partial charge in [-0.3, -0.25) is 0 Å². The molecule has 1 aromatic carbocycles. The second-order valence-electron chi connectivity index (χ2n) is 4.08. The van der Waals surface area contributed by atoms with E-state index in [9.17, 15) is 8.42 Å². The summed E-state index contributed by atoms with van der Waals surface area (Å²) in [6, 6.07) is 5.31. The lowest BCUT2D eigenvalue weighted by Crippen LogP contribution is -2.23. The van der Waals surface area contributed by atoms with Crippen molar-refractivity contribution < 1.29 is 8.42 Å². The highest BCUT2D eigenvalue weighted by atomic mass is 32.2. The van der Waals surface area contributed by atoms with Crippen molar-refractivity contribution in [3.63, 3.8) is 0 Å². The minimum Gasteiger partial charge on any atom is -0.377 e. The van der Waals surface area contributed by atoms with Crippen LogP contribution in [0.2, 0.25) is 0 Å². The predicted octanol–water partition coefficient (Wildman–Crippen LogP) is 1.31. The molecule has 0 aliphatic heterocycles. The fraction of sp³-hybridized carbons (Fsp3) is 0.455. The molecule has 0 spiro atoms. The number of benzene rings is 1. The molecule has 5 heteroatoms. The van der Waals surface area contributed by atoms with E-state index >= 15 is 0 Å². The van der Waals surface area contributed by atoms with Crippen LogP contribution in [-0.2, 0) is 10.0 Å². The first-order valence-electron chi connectivity index (χ1n) is 4.98. The van der Waals surface area contributed by atoms with Crippen molar-refractivity contribution in [2.24, 2.45) is 0 Å². The molecule has 1 aromatic rings. The lowest BCUT2D eigenvalue weighted by molar-refractivity contribution is 0.520. The van der Waals surface area contributed by atoms with Crippen molar-refractivity contribution in [1.29, 1.82) is 0 Å². The molecule has 4 nitrogen and oxygen atoms in total. The fourth-order valence-electron chi connectivity index (χ4n) is 1.56. The highest BCUT2D eigenvalue weighted by molar-refractivity contribution is 7.89. The van der Waals surface area contributed by atoms with E-state index in [0.717, 1.165) is 11.3 Å². The molecule has 0 unspecified atom stereocenters. The van der Waals surface area contributed by atoms with Crippen LogP contribution in [-0.4, -0.2) is 40.9 Å². The molecule has 90 valence electrons. The first-order chi connectivity index (χ1) is 7.28. The van der Waals surface area contributed by atoms with Crippen LogP contribution < -0.4 is 4.90 Å². The number of rotatable bonds is 3. The van der Waals surface area contributed by atoms with Gasteiger partial charge in [0.2, 0.25) is 10.0 Å². The molecule has 0 saturated carbocycles. The van der Waals surface area contributed by atoms with Gasteiger partial charge in [0, 0.05) is 33.9 Å². The van der Waals surface area contributed by atoms with Gasteiger partial charge in [0.15, 0.2) is 0 Å². The highest BCUT2D eigenvalue weighted by Crippen LogP contribution is 2.26. The van der Waals surface area contributed by atoms with Gasteiger partial charge in [-0.1, -0.05) is 6.07 Å². The number of anilines is 1. The lowest BCUT2D eigenvalue weighted by Gasteiger charge is -2.19. The highest BCUT2D eigenvalue weighted by Gasteiger charge is 2.21. The molecule has 0 aromatic heterocycles. The third kappa shape index (κ3) is 2.20. The third-order valence-electron chi connectivity index (χ3n) is 2.50. The van der Waals surface area contributed by atoms with Crippen LogP contribution in [0, 0.1) is 6.92 Å². The Morgan fingerprint density at radius 1 is 1.06 bits per heavy atom. The second-order valence-corrected chi connectivity index (χ2v) is 6.20. The monoisotopic (exact) mass is 242 g/mol. The SMILES string of the molecule is Cc1c(N(C)C)cccc1S(=O)(=O)N(C)C. The normalized spacial score (nSPS) is 11.9. The number of nitrogens with zero attached hydrogens (tertiary/aromatic N) is 2. The summed E-state index contributed by atoms with van der Waals surface area (Å²) < 4.78 is 25.3. The Balaban J connectivity index is 3.43. The zero-order valence-corrected chi connectivity index (χ0v) is 11.2. The maximum absolute atomic E-state index is 12.0. The van der Waals surface area contributed by atoms with Crippen molar-refractivity contribution in [2.75, 3.05) is 33.1 Å². The summed E-state index contributed by atoms with van der Waals surface area (Å²) in [4.78, 5) is 2.27. The molecular formula is C11H18N2O2S.